The summed E-state index contributed by atoms with van der Waals surface area (Å²) in [5.74, 6) is -10.9. The average molecular weight is 1200 g/mol. The molecule has 5 N–H and O–H groups in total. The summed E-state index contributed by atoms with van der Waals surface area (Å²) in [5.41, 5.74) is -0.601. The summed E-state index contributed by atoms with van der Waals surface area (Å²) in [5, 5.41) is -0.365. The van der Waals surface area contributed by atoms with Gasteiger partial charge < -0.3 is 14.4 Å². The topological polar surface area (TPSA) is 311 Å². The molecule has 2 unspecified atom stereocenters. The van der Waals surface area contributed by atoms with Gasteiger partial charge >= 0.3 is 5.97 Å². The smallest absolute Gasteiger partial charge is 0.311 e. The lowest BCUT2D eigenvalue weighted by atomic mass is 9.70. The molecule has 0 fully saturated rings. The van der Waals surface area contributed by atoms with Gasteiger partial charge in [0, 0.05) is 65.7 Å². The molecule has 0 saturated heterocycles. The standard InChI is InChI=1S/C51H53F4NO18S5/c1-30-16-17-34-36(25-32(76(61,62)63)27-41(34)78(67,68)69)45(30)50(3,20-12-24-75(58,59)60)31(2)13-8-6-9-14-43-51(4,21-23-73-5)46-37-26-33(77(64,65)66)28-42(79(70,71)72)35(37)18-19-40(46)56(43)22-11-7-10-15-44(57)74-49-47(54)38(52)29-39(53)48(49)55/h6,8-9,13-14,16-19,25-29H,2,7,10-12,15,20-24H2,1,3-5H3,(H,58,59,60)(H,61,62,63)(H,64,65,66)(H,67,68,69)(H,70,71,72)/b9-6+,13-8+,43-14+. The van der Waals surface area contributed by atoms with Gasteiger partial charge in [0.1, 0.15) is 9.79 Å². The molecule has 28 heteroatoms. The lowest BCUT2D eigenvalue weighted by molar-refractivity contribution is -0.135. The number of aryl methyl sites for hydroxylation is 1. The van der Waals surface area contributed by atoms with E-state index in [1.807, 2.05) is 0 Å². The van der Waals surface area contributed by atoms with E-state index in [9.17, 15) is 87.2 Å². The minimum absolute atomic E-state index is 0.00662. The summed E-state index contributed by atoms with van der Waals surface area (Å²) in [4.78, 5) is 10.9. The van der Waals surface area contributed by atoms with Gasteiger partial charge in [0.2, 0.25) is 17.4 Å². The maximum Gasteiger partial charge on any atom is 0.311 e. The molecule has 6 rings (SSSR count). The summed E-state index contributed by atoms with van der Waals surface area (Å²) in [7, 11) is -23.6. The zero-order valence-corrected chi connectivity index (χ0v) is 46.5. The molecule has 79 heavy (non-hydrogen) atoms. The van der Waals surface area contributed by atoms with Crippen LogP contribution in [0.2, 0.25) is 0 Å². The first-order valence-electron chi connectivity index (χ1n) is 23.5. The summed E-state index contributed by atoms with van der Waals surface area (Å²) in [6.07, 6.45) is 7.57. The minimum Gasteiger partial charge on any atom is -0.420 e. The number of hydrogen-bond acceptors (Lipinski definition) is 14. The van der Waals surface area contributed by atoms with Crippen LogP contribution in [0, 0.1) is 30.2 Å². The number of halogens is 4. The molecule has 0 aromatic heterocycles. The van der Waals surface area contributed by atoms with E-state index in [0.717, 1.165) is 12.1 Å². The van der Waals surface area contributed by atoms with Crippen molar-refractivity contribution >= 4 is 83.8 Å². The monoisotopic (exact) mass is 1200 g/mol. The molecule has 0 amide bonds. The lowest BCUT2D eigenvalue weighted by Crippen LogP contribution is -2.30. The highest BCUT2D eigenvalue weighted by molar-refractivity contribution is 7.87. The summed E-state index contributed by atoms with van der Waals surface area (Å²) in [6.45, 7) is 9.31. The van der Waals surface area contributed by atoms with Crippen molar-refractivity contribution in [1.29, 1.82) is 0 Å². The third kappa shape index (κ3) is 13.6. The number of esters is 1. The molecule has 5 aromatic carbocycles. The molecule has 0 bridgehead atoms. The van der Waals surface area contributed by atoms with Crippen molar-refractivity contribution in [3.63, 3.8) is 0 Å². The van der Waals surface area contributed by atoms with Crippen molar-refractivity contribution in [3.05, 3.63) is 143 Å². The van der Waals surface area contributed by atoms with Crippen LogP contribution in [0.1, 0.15) is 75.5 Å². The number of benzene rings is 5. The van der Waals surface area contributed by atoms with Crippen LogP contribution in [-0.4, -0.2) is 96.8 Å². The second kappa shape index (κ2) is 23.3. The van der Waals surface area contributed by atoms with Gasteiger partial charge in [0.05, 0.1) is 15.5 Å². The summed E-state index contributed by atoms with van der Waals surface area (Å²) >= 11 is 0. The second-order valence-electron chi connectivity index (χ2n) is 19.0. The maximum absolute atomic E-state index is 14.2. The molecular formula is C51H53F4NO18S5. The van der Waals surface area contributed by atoms with Crippen molar-refractivity contribution in [2.75, 3.05) is 30.9 Å². The predicted molar refractivity (Wildman–Crippen MR) is 282 cm³/mol. The number of anilines is 1. The van der Waals surface area contributed by atoms with E-state index in [4.69, 9.17) is 4.74 Å². The number of rotatable bonds is 23. The van der Waals surface area contributed by atoms with Crippen molar-refractivity contribution in [1.82, 2.24) is 0 Å². The first-order chi connectivity index (χ1) is 36.5. The van der Waals surface area contributed by atoms with E-state index >= 15 is 0 Å². The van der Waals surface area contributed by atoms with Crippen molar-refractivity contribution < 1.29 is 96.7 Å². The Kier molecular flexibility index (Phi) is 18.4. The van der Waals surface area contributed by atoms with Gasteiger partial charge in [0.15, 0.2) is 11.6 Å². The van der Waals surface area contributed by atoms with Crippen molar-refractivity contribution in [2.45, 2.75) is 96.1 Å². The van der Waals surface area contributed by atoms with Crippen molar-refractivity contribution in [3.8, 4) is 5.75 Å². The third-order valence-electron chi connectivity index (χ3n) is 13.6. The van der Waals surface area contributed by atoms with E-state index < -0.39 is 128 Å². The van der Waals surface area contributed by atoms with E-state index in [2.05, 4.69) is 11.3 Å². The van der Waals surface area contributed by atoms with Gasteiger partial charge in [-0.3, -0.25) is 27.6 Å². The van der Waals surface area contributed by atoms with Crippen LogP contribution in [0.4, 0.5) is 23.2 Å². The molecule has 0 radical (unpaired) electrons. The highest BCUT2D eigenvalue weighted by Gasteiger charge is 2.45. The first-order valence-corrected chi connectivity index (χ1v) is 30.9. The average Bonchev–Trinajstić information content (AvgIpc) is 3.91. The molecule has 19 nitrogen and oxygen atoms in total. The van der Waals surface area contributed by atoms with Gasteiger partial charge in [0.25, 0.3) is 50.6 Å². The Bertz CT molecular complexity index is 3970. The number of fused-ring (bicyclic) bond motifs is 4. The first kappa shape index (κ1) is 62.3. The Hall–Kier alpha value is -5.92. The number of ether oxygens (including phenoxy) is 2. The van der Waals surface area contributed by atoms with E-state index in [0.29, 0.717) is 34.6 Å². The van der Waals surface area contributed by atoms with Gasteiger partial charge in [-0.2, -0.15) is 50.9 Å². The molecular weight excluding hydrogens is 1150 g/mol. The van der Waals surface area contributed by atoms with Crippen LogP contribution in [0.5, 0.6) is 5.75 Å². The highest BCUT2D eigenvalue weighted by atomic mass is 32.2. The Morgan fingerprint density at radius 2 is 1.27 bits per heavy atom. The van der Waals surface area contributed by atoms with Gasteiger partial charge in [-0.15, -0.1) is 0 Å². The maximum atomic E-state index is 14.2. The number of nitrogens with zero attached hydrogens (tertiary/aromatic N) is 1. The van der Waals surface area contributed by atoms with Crippen LogP contribution < -0.4 is 9.64 Å². The second-order valence-corrected chi connectivity index (χ2v) is 26.2. The summed E-state index contributed by atoms with van der Waals surface area (Å²) in [6, 6.07) is 8.79. The molecule has 1 heterocycles. The summed E-state index contributed by atoms with van der Waals surface area (Å²) < 4.78 is 241. The van der Waals surface area contributed by atoms with Gasteiger partial charge in [-0.25, -0.2) is 8.78 Å². The van der Waals surface area contributed by atoms with Crippen molar-refractivity contribution in [2.24, 2.45) is 0 Å². The molecule has 0 saturated carbocycles. The van der Waals surface area contributed by atoms with E-state index in [-0.39, 0.29) is 90.4 Å². The zero-order chi connectivity index (χ0) is 59.0. The molecule has 428 valence electrons. The lowest BCUT2D eigenvalue weighted by Gasteiger charge is -2.34. The Morgan fingerprint density at radius 1 is 0.709 bits per heavy atom. The molecule has 2 atom stereocenters. The molecule has 0 spiro atoms. The van der Waals surface area contributed by atoms with Gasteiger partial charge in [-0.05, 0) is 115 Å². The Morgan fingerprint density at radius 3 is 1.81 bits per heavy atom. The van der Waals surface area contributed by atoms with Crippen LogP contribution in [0.3, 0.4) is 0 Å². The SMILES string of the molecule is C=C(/C=C/C=C/C=C1/N(CCCCCC(=O)Oc2c(F)c(F)cc(F)c2F)c2ccc3c(S(=O)(=O)O)cc(S(=O)(=O)O)cc3c2C1(C)CCOC)C(C)(CCCS(=O)(=O)O)c1c(C)ccc2c(S(=O)(=O)O)cc(S(=O)(=O)O)cc12. The molecule has 1 aliphatic heterocycles. The van der Waals surface area contributed by atoms with E-state index in [1.165, 1.54) is 49.6 Å². The quantitative estimate of drug-likeness (QED) is 0.00773. The normalized spacial score (nSPS) is 16.9. The largest absolute Gasteiger partial charge is 0.420 e. The highest BCUT2D eigenvalue weighted by Crippen LogP contribution is 2.54. The van der Waals surface area contributed by atoms with Crippen LogP contribution >= 0.6 is 0 Å². The molecule has 5 aromatic rings. The van der Waals surface area contributed by atoms with Crippen LogP contribution in [0.25, 0.3) is 21.5 Å². The Balaban J connectivity index is 1.45. The third-order valence-corrected chi connectivity index (χ3v) is 17.9. The van der Waals surface area contributed by atoms with E-state index in [1.54, 1.807) is 37.8 Å². The van der Waals surface area contributed by atoms with Gasteiger partial charge in [-0.1, -0.05) is 62.4 Å². The Labute approximate surface area is 453 Å². The zero-order valence-electron chi connectivity index (χ0n) is 42.4. The minimum atomic E-state index is -5.14. The number of carbonyl (C=O) groups is 1. The number of hydrogen-bond donors (Lipinski definition) is 5. The fraction of sp³-hybridized carbons (Fsp3) is 0.314. The number of carbonyl (C=O) groups excluding carboxylic acids is 1. The van der Waals surface area contributed by atoms with Crippen LogP contribution in [-0.2, 0) is 71.0 Å². The molecule has 0 aliphatic carbocycles. The molecule has 1 aliphatic rings. The fourth-order valence-electron chi connectivity index (χ4n) is 9.88. The number of allylic oxidation sites excluding steroid dienone is 7. The number of methoxy groups -OCH3 is 1. The fourth-order valence-corrected chi connectivity index (χ4v) is 13.1. The van der Waals surface area contributed by atoms with Crippen LogP contribution in [0.15, 0.2) is 122 Å². The number of unbranched alkanes of at least 4 members (excludes halogenated alkanes) is 2. The predicted octanol–water partition coefficient (Wildman–Crippen LogP) is 9.30.